The minimum absolute atomic E-state index is 0.233. The number of carbonyl (C=O) groups excluding carboxylic acids is 1. The summed E-state index contributed by atoms with van der Waals surface area (Å²) in [7, 11) is 0. The van der Waals surface area contributed by atoms with Crippen molar-refractivity contribution in [2.45, 2.75) is 59.0 Å². The number of ether oxygens (including phenoxy) is 1. The number of nitrogens with zero attached hydrogens (tertiary/aromatic N) is 3. The number of carbonyl (C=O) groups is 1. The van der Waals surface area contributed by atoms with Crippen LogP contribution >= 0.6 is 0 Å². The molecule has 1 amide bonds. The molecule has 1 aromatic rings. The van der Waals surface area contributed by atoms with E-state index in [1.54, 1.807) is 5.01 Å². The van der Waals surface area contributed by atoms with Gasteiger partial charge in [-0.2, -0.15) is 0 Å². The first-order valence-corrected chi connectivity index (χ1v) is 9.65. The Morgan fingerprint density at radius 2 is 2.08 bits per heavy atom. The fourth-order valence-corrected chi connectivity index (χ4v) is 3.76. The molecule has 0 radical (unpaired) electrons. The normalized spacial score (nSPS) is 18.5. The van der Waals surface area contributed by atoms with Crippen molar-refractivity contribution >= 4 is 17.4 Å². The second-order valence-corrected chi connectivity index (χ2v) is 7.24. The zero-order valence-electron chi connectivity index (χ0n) is 16.2. The Morgan fingerprint density at radius 1 is 1.35 bits per heavy atom. The van der Waals surface area contributed by atoms with E-state index in [0.29, 0.717) is 25.6 Å². The monoisotopic (exact) mass is 361 g/mol. The number of rotatable bonds is 6. The van der Waals surface area contributed by atoms with Gasteiger partial charge in [0.2, 0.25) is 5.91 Å². The number of hydrogen-bond donors (Lipinski definition) is 2. The van der Waals surface area contributed by atoms with Gasteiger partial charge in [-0.1, -0.05) is 0 Å². The van der Waals surface area contributed by atoms with Crippen LogP contribution in [0, 0.1) is 13.8 Å². The van der Waals surface area contributed by atoms with E-state index in [0.717, 1.165) is 67.3 Å². The fourth-order valence-electron chi connectivity index (χ4n) is 3.76. The SMILES string of the molecule is CCN(N)c1nc(C)c(CN2CCCC2=O)c(NC2CCOCC2)c1C. The average molecular weight is 361 g/mol. The maximum absolute atomic E-state index is 12.1. The van der Waals surface area contributed by atoms with E-state index in [4.69, 9.17) is 15.6 Å². The number of pyridine rings is 1. The number of anilines is 2. The lowest BCUT2D eigenvalue weighted by atomic mass is 10.0. The lowest BCUT2D eigenvalue weighted by Crippen LogP contribution is -2.34. The van der Waals surface area contributed by atoms with Crippen LogP contribution in [0.25, 0.3) is 0 Å². The molecule has 3 N–H and O–H groups in total. The summed E-state index contributed by atoms with van der Waals surface area (Å²) >= 11 is 0. The molecule has 0 unspecified atom stereocenters. The summed E-state index contributed by atoms with van der Waals surface area (Å²) in [4.78, 5) is 18.8. The number of nitrogens with one attached hydrogen (secondary N) is 1. The predicted molar refractivity (Wildman–Crippen MR) is 103 cm³/mol. The first kappa shape index (κ1) is 18.9. The van der Waals surface area contributed by atoms with Crippen molar-refractivity contribution in [3.8, 4) is 0 Å². The third-order valence-electron chi connectivity index (χ3n) is 5.43. The molecule has 144 valence electrons. The highest BCUT2D eigenvalue weighted by atomic mass is 16.5. The van der Waals surface area contributed by atoms with E-state index in [1.165, 1.54) is 0 Å². The fraction of sp³-hybridized carbons (Fsp3) is 0.684. The van der Waals surface area contributed by atoms with Crippen molar-refractivity contribution in [3.05, 3.63) is 16.8 Å². The second kappa shape index (κ2) is 8.22. The van der Waals surface area contributed by atoms with Crippen LogP contribution in [0.1, 0.15) is 49.4 Å². The number of aryl methyl sites for hydroxylation is 1. The van der Waals surface area contributed by atoms with Crippen molar-refractivity contribution in [1.29, 1.82) is 0 Å². The molecule has 0 saturated carbocycles. The number of hydrazine groups is 1. The third kappa shape index (κ3) is 3.94. The summed E-state index contributed by atoms with van der Waals surface area (Å²) in [6.45, 7) is 9.78. The second-order valence-electron chi connectivity index (χ2n) is 7.24. The molecule has 0 bridgehead atoms. The van der Waals surface area contributed by atoms with Crippen molar-refractivity contribution in [2.75, 3.05) is 36.6 Å². The molecule has 26 heavy (non-hydrogen) atoms. The maximum atomic E-state index is 12.1. The van der Waals surface area contributed by atoms with Crippen LogP contribution in [-0.2, 0) is 16.1 Å². The standard InChI is InChI=1S/C19H31N5O2/c1-4-24(20)19-13(2)18(22-15-7-10-26-11-8-15)16(14(3)21-19)12-23-9-5-6-17(23)25/h15H,4-12,20H2,1-3H3,(H,21,22). The summed E-state index contributed by atoms with van der Waals surface area (Å²) in [6.07, 6.45) is 3.56. The molecular weight excluding hydrogens is 330 g/mol. The minimum Gasteiger partial charge on any atom is -0.381 e. The maximum Gasteiger partial charge on any atom is 0.222 e. The van der Waals surface area contributed by atoms with Crippen LogP contribution in [0.2, 0.25) is 0 Å². The Kier molecular flexibility index (Phi) is 5.98. The topological polar surface area (TPSA) is 83.7 Å². The Hall–Kier alpha value is -1.86. The van der Waals surface area contributed by atoms with E-state index < -0.39 is 0 Å². The van der Waals surface area contributed by atoms with Crippen LogP contribution in [0.3, 0.4) is 0 Å². The highest BCUT2D eigenvalue weighted by Gasteiger charge is 2.26. The number of likely N-dealkylation sites (tertiary alicyclic amines) is 1. The summed E-state index contributed by atoms with van der Waals surface area (Å²) < 4.78 is 5.49. The molecule has 7 nitrogen and oxygen atoms in total. The Bertz CT molecular complexity index is 658. The van der Waals surface area contributed by atoms with E-state index in [-0.39, 0.29) is 5.91 Å². The molecule has 3 rings (SSSR count). The van der Waals surface area contributed by atoms with E-state index in [2.05, 4.69) is 12.2 Å². The summed E-state index contributed by atoms with van der Waals surface area (Å²) in [5.74, 6) is 7.20. The highest BCUT2D eigenvalue weighted by Crippen LogP contribution is 2.33. The predicted octanol–water partition coefficient (Wildman–Crippen LogP) is 2.11. The van der Waals surface area contributed by atoms with Gasteiger partial charge in [-0.15, -0.1) is 0 Å². The molecule has 2 saturated heterocycles. The minimum atomic E-state index is 0.233. The molecule has 1 aromatic heterocycles. The molecule has 0 spiro atoms. The van der Waals surface area contributed by atoms with E-state index in [9.17, 15) is 4.79 Å². The number of hydrogen-bond acceptors (Lipinski definition) is 6. The van der Waals surface area contributed by atoms with Crippen LogP contribution < -0.4 is 16.2 Å². The molecule has 2 aliphatic heterocycles. The number of nitrogens with two attached hydrogens (primary N) is 1. The summed E-state index contributed by atoms with van der Waals surface area (Å²) in [5, 5.41) is 5.41. The zero-order valence-corrected chi connectivity index (χ0v) is 16.2. The van der Waals surface area contributed by atoms with Crippen molar-refractivity contribution in [3.63, 3.8) is 0 Å². The molecule has 2 fully saturated rings. The van der Waals surface area contributed by atoms with Gasteiger partial charge in [0.15, 0.2) is 0 Å². The van der Waals surface area contributed by atoms with Gasteiger partial charge in [-0.25, -0.2) is 10.8 Å². The molecule has 7 heteroatoms. The molecular formula is C19H31N5O2. The lowest BCUT2D eigenvalue weighted by molar-refractivity contribution is -0.128. The van der Waals surface area contributed by atoms with Gasteiger partial charge in [0, 0.05) is 67.8 Å². The molecule has 2 aliphatic rings. The van der Waals surface area contributed by atoms with Crippen LogP contribution in [0.15, 0.2) is 0 Å². The highest BCUT2D eigenvalue weighted by molar-refractivity contribution is 5.78. The molecule has 3 heterocycles. The van der Waals surface area contributed by atoms with Crippen LogP contribution in [-0.4, -0.2) is 48.1 Å². The van der Waals surface area contributed by atoms with Gasteiger partial charge < -0.3 is 15.0 Å². The smallest absolute Gasteiger partial charge is 0.222 e. The van der Waals surface area contributed by atoms with Gasteiger partial charge in [0.05, 0.1) is 0 Å². The number of aromatic nitrogens is 1. The number of amides is 1. The van der Waals surface area contributed by atoms with Gasteiger partial charge in [-0.05, 0) is 40.0 Å². The van der Waals surface area contributed by atoms with Crippen LogP contribution in [0.5, 0.6) is 0 Å². The first-order chi connectivity index (χ1) is 12.5. The first-order valence-electron chi connectivity index (χ1n) is 9.65. The largest absolute Gasteiger partial charge is 0.381 e. The van der Waals surface area contributed by atoms with Gasteiger partial charge in [0.1, 0.15) is 5.82 Å². The quantitative estimate of drug-likeness (QED) is 0.596. The molecule has 0 aliphatic carbocycles. The van der Waals surface area contributed by atoms with Gasteiger partial charge in [-0.3, -0.25) is 9.80 Å². The Morgan fingerprint density at radius 3 is 2.69 bits per heavy atom. The Labute approximate surface area is 155 Å². The average Bonchev–Trinajstić information content (AvgIpc) is 3.05. The molecule has 0 atom stereocenters. The van der Waals surface area contributed by atoms with Crippen molar-refractivity contribution in [1.82, 2.24) is 9.88 Å². The van der Waals surface area contributed by atoms with E-state index in [1.807, 2.05) is 18.7 Å². The van der Waals surface area contributed by atoms with Crippen molar-refractivity contribution in [2.24, 2.45) is 5.84 Å². The summed E-state index contributed by atoms with van der Waals surface area (Å²) in [6, 6.07) is 0.373. The molecule has 0 aromatic carbocycles. The van der Waals surface area contributed by atoms with Crippen molar-refractivity contribution < 1.29 is 9.53 Å². The summed E-state index contributed by atoms with van der Waals surface area (Å²) in [5.41, 5.74) is 4.18. The van der Waals surface area contributed by atoms with Gasteiger partial charge >= 0.3 is 0 Å². The third-order valence-corrected chi connectivity index (χ3v) is 5.43. The Balaban J connectivity index is 1.96. The van der Waals surface area contributed by atoms with Crippen LogP contribution in [0.4, 0.5) is 11.5 Å². The van der Waals surface area contributed by atoms with Gasteiger partial charge in [0.25, 0.3) is 0 Å². The zero-order chi connectivity index (χ0) is 18.7. The lowest BCUT2D eigenvalue weighted by Gasteiger charge is -2.30. The van der Waals surface area contributed by atoms with E-state index >= 15 is 0 Å².